The summed E-state index contributed by atoms with van der Waals surface area (Å²) in [5.74, 6) is 1.71. The highest BCUT2D eigenvalue weighted by molar-refractivity contribution is 4.75. The molecule has 1 atom stereocenters. The van der Waals surface area contributed by atoms with Crippen LogP contribution in [-0.4, -0.2) is 44.3 Å². The second-order valence-corrected chi connectivity index (χ2v) is 5.08. The van der Waals surface area contributed by atoms with E-state index in [4.69, 9.17) is 10.5 Å². The third kappa shape index (κ3) is 3.44. The SMILES string of the molecule is NCCC1CCCN(CCC2COC2)C1. The maximum absolute atomic E-state index is 5.62. The summed E-state index contributed by atoms with van der Waals surface area (Å²) >= 11 is 0. The Morgan fingerprint density at radius 3 is 2.73 bits per heavy atom. The van der Waals surface area contributed by atoms with E-state index in [1.54, 1.807) is 0 Å². The zero-order chi connectivity index (χ0) is 10.5. The molecule has 0 aromatic rings. The van der Waals surface area contributed by atoms with Gasteiger partial charge in [0, 0.05) is 12.5 Å². The van der Waals surface area contributed by atoms with Gasteiger partial charge in [0.05, 0.1) is 13.2 Å². The second kappa shape index (κ2) is 5.83. The molecule has 0 amide bonds. The predicted octanol–water partition coefficient (Wildman–Crippen LogP) is 1.08. The third-order valence-corrected chi connectivity index (χ3v) is 3.74. The highest BCUT2D eigenvalue weighted by atomic mass is 16.5. The maximum Gasteiger partial charge on any atom is 0.0516 e. The molecule has 0 bridgehead atoms. The lowest BCUT2D eigenvalue weighted by molar-refractivity contribution is -0.0401. The van der Waals surface area contributed by atoms with Gasteiger partial charge in [-0.3, -0.25) is 0 Å². The van der Waals surface area contributed by atoms with Crippen molar-refractivity contribution in [3.05, 3.63) is 0 Å². The molecular formula is C12H24N2O. The molecule has 2 heterocycles. The average molecular weight is 212 g/mol. The third-order valence-electron chi connectivity index (χ3n) is 3.74. The molecule has 3 nitrogen and oxygen atoms in total. The molecule has 0 radical (unpaired) electrons. The van der Waals surface area contributed by atoms with Gasteiger partial charge in [0.15, 0.2) is 0 Å². The molecule has 0 saturated carbocycles. The summed E-state index contributed by atoms with van der Waals surface area (Å²) in [5.41, 5.74) is 5.62. The summed E-state index contributed by atoms with van der Waals surface area (Å²) in [4.78, 5) is 2.63. The molecule has 3 heteroatoms. The molecule has 2 aliphatic heterocycles. The summed E-state index contributed by atoms with van der Waals surface area (Å²) in [5, 5.41) is 0. The van der Waals surface area contributed by atoms with Crippen LogP contribution in [0.4, 0.5) is 0 Å². The summed E-state index contributed by atoms with van der Waals surface area (Å²) in [6.45, 7) is 6.71. The Kier molecular flexibility index (Phi) is 4.42. The van der Waals surface area contributed by atoms with Gasteiger partial charge in [0.25, 0.3) is 0 Å². The number of nitrogens with zero attached hydrogens (tertiary/aromatic N) is 1. The highest BCUT2D eigenvalue weighted by Gasteiger charge is 2.22. The Bertz CT molecular complexity index is 180. The van der Waals surface area contributed by atoms with Crippen molar-refractivity contribution in [2.45, 2.75) is 25.7 Å². The number of likely N-dealkylation sites (tertiary alicyclic amines) is 1. The number of piperidine rings is 1. The fraction of sp³-hybridized carbons (Fsp3) is 1.00. The van der Waals surface area contributed by atoms with E-state index in [0.29, 0.717) is 0 Å². The van der Waals surface area contributed by atoms with Gasteiger partial charge >= 0.3 is 0 Å². The monoisotopic (exact) mass is 212 g/mol. The van der Waals surface area contributed by atoms with Gasteiger partial charge in [-0.25, -0.2) is 0 Å². The van der Waals surface area contributed by atoms with Crippen LogP contribution < -0.4 is 5.73 Å². The van der Waals surface area contributed by atoms with E-state index in [2.05, 4.69) is 4.90 Å². The van der Waals surface area contributed by atoms with Gasteiger partial charge in [-0.15, -0.1) is 0 Å². The zero-order valence-electron chi connectivity index (χ0n) is 9.66. The lowest BCUT2D eigenvalue weighted by Crippen LogP contribution is -2.39. The second-order valence-electron chi connectivity index (χ2n) is 5.08. The maximum atomic E-state index is 5.62. The Labute approximate surface area is 93.0 Å². The van der Waals surface area contributed by atoms with Crippen molar-refractivity contribution in [1.82, 2.24) is 4.90 Å². The predicted molar refractivity (Wildman–Crippen MR) is 61.8 cm³/mol. The molecule has 2 N–H and O–H groups in total. The molecule has 2 fully saturated rings. The van der Waals surface area contributed by atoms with E-state index in [1.807, 2.05) is 0 Å². The lowest BCUT2D eigenvalue weighted by atomic mass is 9.94. The summed E-state index contributed by atoms with van der Waals surface area (Å²) in [6, 6.07) is 0. The molecule has 2 aliphatic rings. The highest BCUT2D eigenvalue weighted by Crippen LogP contribution is 2.21. The minimum Gasteiger partial charge on any atom is -0.381 e. The standard InChI is InChI=1S/C12H24N2O/c13-5-3-11-2-1-6-14(8-11)7-4-12-9-15-10-12/h11-12H,1-10,13H2. The molecule has 0 spiro atoms. The van der Waals surface area contributed by atoms with Gasteiger partial charge in [-0.1, -0.05) is 0 Å². The molecule has 1 unspecified atom stereocenters. The van der Waals surface area contributed by atoms with E-state index in [1.165, 1.54) is 45.3 Å². The van der Waals surface area contributed by atoms with E-state index in [-0.39, 0.29) is 0 Å². The fourth-order valence-corrected chi connectivity index (χ4v) is 2.64. The molecule has 2 rings (SSSR count). The largest absolute Gasteiger partial charge is 0.381 e. The minimum atomic E-state index is 0.847. The molecular weight excluding hydrogens is 188 g/mol. The molecule has 2 saturated heterocycles. The van der Waals surface area contributed by atoms with Crippen LogP contribution in [0, 0.1) is 11.8 Å². The first-order valence-electron chi connectivity index (χ1n) is 6.38. The van der Waals surface area contributed by atoms with Gasteiger partial charge < -0.3 is 15.4 Å². The summed E-state index contributed by atoms with van der Waals surface area (Å²) in [7, 11) is 0. The van der Waals surface area contributed by atoms with Crippen molar-refractivity contribution in [3.63, 3.8) is 0 Å². The van der Waals surface area contributed by atoms with Gasteiger partial charge in [0.1, 0.15) is 0 Å². The fourth-order valence-electron chi connectivity index (χ4n) is 2.64. The van der Waals surface area contributed by atoms with E-state index < -0.39 is 0 Å². The van der Waals surface area contributed by atoms with Crippen molar-refractivity contribution in [2.24, 2.45) is 17.6 Å². The van der Waals surface area contributed by atoms with Crippen LogP contribution in [0.25, 0.3) is 0 Å². The van der Waals surface area contributed by atoms with Gasteiger partial charge in [0.2, 0.25) is 0 Å². The molecule has 0 aromatic carbocycles. The van der Waals surface area contributed by atoms with Crippen molar-refractivity contribution < 1.29 is 4.74 Å². The van der Waals surface area contributed by atoms with Crippen LogP contribution in [0.3, 0.4) is 0 Å². The van der Waals surface area contributed by atoms with Crippen molar-refractivity contribution in [1.29, 1.82) is 0 Å². The molecule has 88 valence electrons. The van der Waals surface area contributed by atoms with Crippen molar-refractivity contribution >= 4 is 0 Å². The van der Waals surface area contributed by atoms with Crippen LogP contribution in [0.1, 0.15) is 25.7 Å². The van der Waals surface area contributed by atoms with Crippen LogP contribution in [0.5, 0.6) is 0 Å². The van der Waals surface area contributed by atoms with Crippen LogP contribution in [0.15, 0.2) is 0 Å². The number of hydrogen-bond donors (Lipinski definition) is 1. The number of hydrogen-bond acceptors (Lipinski definition) is 3. The number of rotatable bonds is 5. The van der Waals surface area contributed by atoms with E-state index in [0.717, 1.165) is 31.6 Å². The van der Waals surface area contributed by atoms with Crippen molar-refractivity contribution in [2.75, 3.05) is 39.4 Å². The minimum absolute atomic E-state index is 0.847. The summed E-state index contributed by atoms with van der Waals surface area (Å²) < 4.78 is 5.20. The summed E-state index contributed by atoms with van der Waals surface area (Å²) in [6.07, 6.45) is 5.30. The number of nitrogens with two attached hydrogens (primary N) is 1. The first-order chi connectivity index (χ1) is 7.38. The number of ether oxygens (including phenoxy) is 1. The van der Waals surface area contributed by atoms with Crippen LogP contribution >= 0.6 is 0 Å². The van der Waals surface area contributed by atoms with Gasteiger partial charge in [-0.2, -0.15) is 0 Å². The van der Waals surface area contributed by atoms with Crippen molar-refractivity contribution in [3.8, 4) is 0 Å². The smallest absolute Gasteiger partial charge is 0.0516 e. The lowest BCUT2D eigenvalue weighted by Gasteiger charge is -2.34. The first-order valence-corrected chi connectivity index (χ1v) is 6.38. The van der Waals surface area contributed by atoms with Crippen LogP contribution in [0.2, 0.25) is 0 Å². The zero-order valence-corrected chi connectivity index (χ0v) is 9.66. The van der Waals surface area contributed by atoms with E-state index in [9.17, 15) is 0 Å². The van der Waals surface area contributed by atoms with E-state index >= 15 is 0 Å². The molecule has 0 aliphatic carbocycles. The normalized spacial score (nSPS) is 29.0. The Morgan fingerprint density at radius 2 is 2.07 bits per heavy atom. The topological polar surface area (TPSA) is 38.5 Å². The Morgan fingerprint density at radius 1 is 1.20 bits per heavy atom. The molecule has 0 aromatic heterocycles. The molecule has 15 heavy (non-hydrogen) atoms. The van der Waals surface area contributed by atoms with Gasteiger partial charge in [-0.05, 0) is 51.2 Å². The van der Waals surface area contributed by atoms with Crippen LogP contribution in [-0.2, 0) is 4.74 Å². The quantitative estimate of drug-likeness (QED) is 0.741. The Balaban J connectivity index is 1.63. The first kappa shape index (κ1) is 11.4. The Hall–Kier alpha value is -0.120. The average Bonchev–Trinajstić information content (AvgIpc) is 2.16.